The van der Waals surface area contributed by atoms with Crippen molar-refractivity contribution < 1.29 is 0 Å². The molecule has 1 atom stereocenters. The molecule has 1 fully saturated rings. The van der Waals surface area contributed by atoms with E-state index in [2.05, 4.69) is 53.1 Å². The predicted molar refractivity (Wildman–Crippen MR) is 104 cm³/mol. The number of nitrogens with zero attached hydrogens (tertiary/aromatic N) is 3. The maximum atomic E-state index is 9.34. The van der Waals surface area contributed by atoms with Crippen LogP contribution in [0.4, 0.5) is 11.4 Å². The summed E-state index contributed by atoms with van der Waals surface area (Å²) < 4.78 is 0. The molecule has 4 rings (SSSR count). The predicted octanol–water partition coefficient (Wildman–Crippen LogP) is 5.04. The van der Waals surface area contributed by atoms with Crippen LogP contribution in [-0.4, -0.2) is 30.6 Å². The Morgan fingerprint density at radius 3 is 2.60 bits per heavy atom. The van der Waals surface area contributed by atoms with E-state index in [9.17, 15) is 5.26 Å². The van der Waals surface area contributed by atoms with Crippen molar-refractivity contribution in [2.45, 2.75) is 42.0 Å². The van der Waals surface area contributed by atoms with Crippen molar-refractivity contribution in [1.82, 2.24) is 4.90 Å². The van der Waals surface area contributed by atoms with Gasteiger partial charge in [0.2, 0.25) is 0 Å². The molecule has 128 valence electrons. The highest BCUT2D eigenvalue weighted by atomic mass is 32.2. The largest absolute Gasteiger partial charge is 0.335 e. The minimum Gasteiger partial charge on any atom is -0.335 e. The molecule has 0 radical (unpaired) electrons. The second kappa shape index (κ2) is 7.11. The molecular weight excluding hydrogens is 326 g/mol. The second-order valence-electron chi connectivity index (χ2n) is 6.94. The molecule has 2 aliphatic heterocycles. The van der Waals surface area contributed by atoms with E-state index in [1.807, 2.05) is 12.1 Å². The van der Waals surface area contributed by atoms with E-state index in [-0.39, 0.29) is 0 Å². The Labute approximate surface area is 154 Å². The summed E-state index contributed by atoms with van der Waals surface area (Å²) >= 11 is 1.80. The third kappa shape index (κ3) is 3.27. The molecule has 25 heavy (non-hydrogen) atoms. The van der Waals surface area contributed by atoms with Crippen LogP contribution in [0.5, 0.6) is 0 Å². The van der Waals surface area contributed by atoms with Crippen LogP contribution in [0.25, 0.3) is 0 Å². The number of anilines is 2. The summed E-state index contributed by atoms with van der Waals surface area (Å²) in [5.41, 5.74) is 3.17. The Morgan fingerprint density at radius 1 is 1.04 bits per heavy atom. The van der Waals surface area contributed by atoms with Crippen LogP contribution in [0, 0.1) is 11.3 Å². The minimum atomic E-state index is 0.368. The molecule has 2 aromatic carbocycles. The molecule has 2 heterocycles. The number of fused-ring (bicyclic) bond motifs is 2. The number of hydrogen-bond acceptors (Lipinski definition) is 4. The number of likely N-dealkylation sites (tertiary alicyclic amines) is 1. The van der Waals surface area contributed by atoms with Gasteiger partial charge in [0.25, 0.3) is 0 Å². The fraction of sp³-hybridized carbons (Fsp3) is 0.381. The molecule has 2 aromatic rings. The lowest BCUT2D eigenvalue weighted by atomic mass is 10.1. The van der Waals surface area contributed by atoms with Gasteiger partial charge in [0.1, 0.15) is 0 Å². The zero-order valence-electron chi connectivity index (χ0n) is 14.6. The Morgan fingerprint density at radius 2 is 1.80 bits per heavy atom. The average Bonchev–Trinajstić information content (AvgIpc) is 2.66. The van der Waals surface area contributed by atoms with Gasteiger partial charge in [-0.2, -0.15) is 5.26 Å². The number of benzene rings is 2. The van der Waals surface area contributed by atoms with Gasteiger partial charge >= 0.3 is 0 Å². The van der Waals surface area contributed by atoms with E-state index < -0.39 is 0 Å². The molecular formula is C21H23N3S. The van der Waals surface area contributed by atoms with Gasteiger partial charge in [0.15, 0.2) is 0 Å². The fourth-order valence-electron chi connectivity index (χ4n) is 3.92. The van der Waals surface area contributed by atoms with Crippen LogP contribution in [0.1, 0.15) is 31.7 Å². The Hall–Kier alpha value is -1.96. The maximum absolute atomic E-state index is 9.34. The molecule has 0 N–H and O–H groups in total. The summed E-state index contributed by atoms with van der Waals surface area (Å²) in [5.74, 6) is 0. The molecule has 3 nitrogen and oxygen atoms in total. The van der Waals surface area contributed by atoms with Gasteiger partial charge < -0.3 is 9.80 Å². The van der Waals surface area contributed by atoms with Crippen LogP contribution in [0.2, 0.25) is 0 Å². The highest BCUT2D eigenvalue weighted by Crippen LogP contribution is 2.49. The summed E-state index contributed by atoms with van der Waals surface area (Å²) in [6.07, 6.45) is 3.99. The normalized spacial score (nSPS) is 18.2. The lowest BCUT2D eigenvalue weighted by Gasteiger charge is -2.40. The molecule has 1 saturated heterocycles. The van der Waals surface area contributed by atoms with Crippen molar-refractivity contribution in [3.8, 4) is 6.07 Å². The molecule has 2 aliphatic rings. The van der Waals surface area contributed by atoms with E-state index in [1.165, 1.54) is 53.5 Å². The summed E-state index contributed by atoms with van der Waals surface area (Å²) in [6.45, 7) is 5.79. The highest BCUT2D eigenvalue weighted by Gasteiger charge is 2.28. The molecule has 0 saturated carbocycles. The third-order valence-electron chi connectivity index (χ3n) is 5.10. The summed E-state index contributed by atoms with van der Waals surface area (Å²) in [5, 5.41) is 9.34. The monoisotopic (exact) mass is 349 g/mol. The number of nitriles is 1. The molecule has 0 aromatic heterocycles. The third-order valence-corrected chi connectivity index (χ3v) is 6.23. The number of rotatable bonds is 3. The van der Waals surface area contributed by atoms with Crippen LogP contribution in [0.3, 0.4) is 0 Å². The topological polar surface area (TPSA) is 30.3 Å². The standard InChI is InChI=1S/C21H23N3S/c1-16(15-23-11-5-2-6-12-23)24-18-7-3-4-8-20(18)25-21-10-9-17(14-22)13-19(21)24/h3-4,7-10,13,16H,2,5-6,11-12,15H2,1H3. The van der Waals surface area contributed by atoms with Crippen molar-refractivity contribution in [2.75, 3.05) is 24.5 Å². The Kier molecular flexibility index (Phi) is 4.70. The van der Waals surface area contributed by atoms with Gasteiger partial charge in [-0.05, 0) is 63.2 Å². The molecule has 0 spiro atoms. The molecule has 4 heteroatoms. The van der Waals surface area contributed by atoms with E-state index in [0.717, 1.165) is 12.1 Å². The SMILES string of the molecule is CC(CN1CCCCC1)N1c2ccccc2Sc2ccc(C#N)cc21. The van der Waals surface area contributed by atoms with Crippen molar-refractivity contribution in [3.05, 3.63) is 48.0 Å². The first-order valence-corrected chi connectivity index (χ1v) is 9.90. The van der Waals surface area contributed by atoms with Crippen LogP contribution < -0.4 is 4.90 Å². The molecule has 0 amide bonds. The Balaban J connectivity index is 1.71. The van der Waals surface area contributed by atoms with E-state index in [4.69, 9.17) is 0 Å². The lowest BCUT2D eigenvalue weighted by molar-refractivity contribution is 0.219. The van der Waals surface area contributed by atoms with Gasteiger partial charge in [0.05, 0.1) is 23.0 Å². The van der Waals surface area contributed by atoms with Gasteiger partial charge in [-0.3, -0.25) is 0 Å². The first kappa shape index (κ1) is 16.5. The Bertz CT molecular complexity index is 805. The number of piperidine rings is 1. The van der Waals surface area contributed by atoms with Crippen molar-refractivity contribution in [2.24, 2.45) is 0 Å². The number of para-hydroxylation sites is 1. The van der Waals surface area contributed by atoms with Crippen molar-refractivity contribution in [3.63, 3.8) is 0 Å². The zero-order valence-corrected chi connectivity index (χ0v) is 15.4. The van der Waals surface area contributed by atoms with Gasteiger partial charge in [-0.25, -0.2) is 0 Å². The van der Waals surface area contributed by atoms with E-state index in [0.29, 0.717) is 6.04 Å². The first-order valence-electron chi connectivity index (χ1n) is 9.09. The van der Waals surface area contributed by atoms with Crippen LogP contribution >= 0.6 is 11.8 Å². The second-order valence-corrected chi connectivity index (χ2v) is 8.03. The molecule has 0 bridgehead atoms. The van der Waals surface area contributed by atoms with E-state index >= 15 is 0 Å². The summed E-state index contributed by atoms with van der Waals surface area (Å²) in [4.78, 5) is 7.57. The quantitative estimate of drug-likeness (QED) is 0.777. The van der Waals surface area contributed by atoms with Gasteiger partial charge in [-0.15, -0.1) is 0 Å². The van der Waals surface area contributed by atoms with Crippen LogP contribution in [0.15, 0.2) is 52.3 Å². The summed E-state index contributed by atoms with van der Waals surface area (Å²) in [7, 11) is 0. The first-order chi connectivity index (χ1) is 12.3. The van der Waals surface area contributed by atoms with Crippen LogP contribution in [-0.2, 0) is 0 Å². The van der Waals surface area contributed by atoms with E-state index in [1.54, 1.807) is 11.8 Å². The summed E-state index contributed by atoms with van der Waals surface area (Å²) in [6, 6.07) is 17.3. The van der Waals surface area contributed by atoms with Gasteiger partial charge in [-0.1, -0.05) is 30.3 Å². The highest BCUT2D eigenvalue weighted by molar-refractivity contribution is 7.99. The van der Waals surface area contributed by atoms with Crippen molar-refractivity contribution >= 4 is 23.1 Å². The van der Waals surface area contributed by atoms with Crippen molar-refractivity contribution in [1.29, 1.82) is 5.26 Å². The molecule has 0 aliphatic carbocycles. The molecule has 1 unspecified atom stereocenters. The minimum absolute atomic E-state index is 0.368. The average molecular weight is 350 g/mol. The maximum Gasteiger partial charge on any atom is 0.0992 e. The lowest BCUT2D eigenvalue weighted by Crippen LogP contribution is -2.43. The van der Waals surface area contributed by atoms with Gasteiger partial charge in [0, 0.05) is 22.4 Å². The smallest absolute Gasteiger partial charge is 0.0992 e. The zero-order chi connectivity index (χ0) is 17.2. The number of hydrogen-bond donors (Lipinski definition) is 0. The fourth-order valence-corrected chi connectivity index (χ4v) is 4.98.